The number of nitrogens with one attached hydrogen (secondary N) is 1. The molecule has 0 radical (unpaired) electrons. The van der Waals surface area contributed by atoms with E-state index in [0.717, 1.165) is 20.9 Å². The lowest BCUT2D eigenvalue weighted by Gasteiger charge is -2.16. The first kappa shape index (κ1) is 21.0. The van der Waals surface area contributed by atoms with E-state index >= 15 is 0 Å². The summed E-state index contributed by atoms with van der Waals surface area (Å²) < 4.78 is 45.6. The van der Waals surface area contributed by atoms with E-state index in [2.05, 4.69) is 52.5 Å². The number of halogens is 4. The van der Waals surface area contributed by atoms with Crippen molar-refractivity contribution < 1.29 is 12.8 Å². The fourth-order valence-corrected chi connectivity index (χ4v) is 7.99. The zero-order valence-corrected chi connectivity index (χ0v) is 20.0. The maximum absolute atomic E-state index is 13.6. The van der Waals surface area contributed by atoms with Gasteiger partial charge in [-0.1, -0.05) is 15.9 Å². The van der Waals surface area contributed by atoms with Gasteiger partial charge in [0.05, 0.1) is 0 Å². The Labute approximate surface area is 182 Å². The molecule has 9 heteroatoms. The van der Waals surface area contributed by atoms with Crippen LogP contribution in [-0.4, -0.2) is 19.0 Å². The Morgan fingerprint density at radius 3 is 2.41 bits per heavy atom. The first-order valence-corrected chi connectivity index (χ1v) is 11.8. The van der Waals surface area contributed by atoms with Crippen molar-refractivity contribution in [2.24, 2.45) is 7.05 Å². The molecule has 1 aromatic heterocycles. The van der Waals surface area contributed by atoms with Gasteiger partial charge in [-0.2, -0.15) is 0 Å². The number of hydrogen-bond acceptors (Lipinski definition) is 2. The van der Waals surface area contributed by atoms with Crippen molar-refractivity contribution >= 4 is 68.7 Å². The number of benzene rings is 2. The van der Waals surface area contributed by atoms with Crippen molar-refractivity contribution in [2.75, 3.05) is 0 Å². The Morgan fingerprint density at radius 1 is 1.15 bits per heavy atom. The number of sulfonamides is 1. The van der Waals surface area contributed by atoms with Gasteiger partial charge in [-0.3, -0.25) is 0 Å². The second kappa shape index (κ2) is 7.94. The van der Waals surface area contributed by atoms with Gasteiger partial charge in [-0.25, -0.2) is 17.5 Å². The molecule has 3 aromatic rings. The molecule has 3 rings (SSSR count). The third-order valence-corrected chi connectivity index (χ3v) is 8.07. The Balaban J connectivity index is 1.88. The van der Waals surface area contributed by atoms with Gasteiger partial charge in [0.25, 0.3) is 0 Å². The van der Waals surface area contributed by atoms with Gasteiger partial charge in [0, 0.05) is 43.6 Å². The van der Waals surface area contributed by atoms with Crippen molar-refractivity contribution in [3.63, 3.8) is 0 Å². The van der Waals surface area contributed by atoms with Crippen LogP contribution in [0.3, 0.4) is 0 Å². The monoisotopic (exact) mass is 580 g/mol. The lowest BCUT2D eigenvalue weighted by Crippen LogP contribution is -2.34. The topological polar surface area (TPSA) is 51.1 Å². The summed E-state index contributed by atoms with van der Waals surface area (Å²) in [6.07, 6.45) is 2.34. The molecular weight excluding hydrogens is 567 g/mol. The lowest BCUT2D eigenvalue weighted by atomic mass is 10.1. The van der Waals surface area contributed by atoms with Crippen molar-refractivity contribution in [1.29, 1.82) is 0 Å². The minimum atomic E-state index is -3.76. The number of hydrogen-bond donors (Lipinski definition) is 1. The zero-order chi connectivity index (χ0) is 19.9. The highest BCUT2D eigenvalue weighted by Crippen LogP contribution is 2.33. The SMILES string of the molecule is CC(Cc1cn(C)c2ccc(F)cc12)NS(=O)(=O)c1c(Br)cc(Br)cc1Br. The summed E-state index contributed by atoms with van der Waals surface area (Å²) in [5.74, 6) is -0.314. The van der Waals surface area contributed by atoms with E-state index in [4.69, 9.17) is 0 Å². The molecule has 0 amide bonds. The predicted molar refractivity (Wildman–Crippen MR) is 116 cm³/mol. The molecule has 144 valence electrons. The fraction of sp³-hybridized carbons (Fsp3) is 0.222. The third-order valence-electron chi connectivity index (χ3n) is 4.15. The van der Waals surface area contributed by atoms with E-state index in [1.807, 2.05) is 17.8 Å². The third kappa shape index (κ3) is 4.48. The van der Waals surface area contributed by atoms with Crippen LogP contribution in [0.25, 0.3) is 10.9 Å². The standard InChI is InChI=1S/C18H16Br3FN2O2S/c1-10(5-11-9-24(2)17-4-3-13(22)8-14(11)17)23-27(25,26)18-15(20)6-12(19)7-16(18)21/h3-4,6-10,23H,5H2,1-2H3. The van der Waals surface area contributed by atoms with Gasteiger partial charge in [-0.05, 0) is 81.1 Å². The Bertz CT molecular complexity index is 1110. The van der Waals surface area contributed by atoms with Gasteiger partial charge in [-0.15, -0.1) is 0 Å². The van der Waals surface area contributed by atoms with Crippen LogP contribution in [0.1, 0.15) is 12.5 Å². The molecule has 1 unspecified atom stereocenters. The Morgan fingerprint density at radius 2 is 1.78 bits per heavy atom. The van der Waals surface area contributed by atoms with Crippen molar-refractivity contribution in [3.05, 3.63) is 61.3 Å². The van der Waals surface area contributed by atoms with Gasteiger partial charge < -0.3 is 4.57 Å². The van der Waals surface area contributed by atoms with Crippen LogP contribution < -0.4 is 4.72 Å². The summed E-state index contributed by atoms with van der Waals surface area (Å²) in [6, 6.07) is 7.59. The van der Waals surface area contributed by atoms with Crippen LogP contribution in [0.2, 0.25) is 0 Å². The average molecular weight is 583 g/mol. The zero-order valence-electron chi connectivity index (χ0n) is 14.4. The second-order valence-electron chi connectivity index (χ2n) is 6.35. The van der Waals surface area contributed by atoms with Crippen molar-refractivity contribution in [2.45, 2.75) is 24.3 Å². The quantitative estimate of drug-likeness (QED) is 0.431. The average Bonchev–Trinajstić information content (AvgIpc) is 2.80. The smallest absolute Gasteiger partial charge is 0.243 e. The molecule has 4 nitrogen and oxygen atoms in total. The molecule has 0 spiro atoms. The molecular formula is C18H16Br3FN2O2S. The normalized spacial score (nSPS) is 13.3. The molecule has 0 aliphatic heterocycles. The molecule has 1 N–H and O–H groups in total. The van der Waals surface area contributed by atoms with Gasteiger partial charge in [0.15, 0.2) is 0 Å². The van der Waals surface area contributed by atoms with Crippen LogP contribution in [-0.2, 0) is 23.5 Å². The number of aryl methyl sites for hydroxylation is 1. The van der Waals surface area contributed by atoms with Crippen LogP contribution >= 0.6 is 47.8 Å². The maximum Gasteiger partial charge on any atom is 0.243 e. The largest absolute Gasteiger partial charge is 0.350 e. The van der Waals surface area contributed by atoms with Gasteiger partial charge >= 0.3 is 0 Å². The van der Waals surface area contributed by atoms with E-state index < -0.39 is 10.0 Å². The number of fused-ring (bicyclic) bond motifs is 1. The molecule has 1 heterocycles. The summed E-state index contributed by atoms with van der Waals surface area (Å²) in [7, 11) is -1.87. The van der Waals surface area contributed by atoms with E-state index in [0.29, 0.717) is 15.4 Å². The van der Waals surface area contributed by atoms with Crippen LogP contribution in [0, 0.1) is 5.82 Å². The highest BCUT2D eigenvalue weighted by Gasteiger charge is 2.24. The van der Waals surface area contributed by atoms with E-state index in [9.17, 15) is 12.8 Å². The number of aromatic nitrogens is 1. The first-order chi connectivity index (χ1) is 12.6. The summed E-state index contributed by atoms with van der Waals surface area (Å²) in [6.45, 7) is 1.79. The highest BCUT2D eigenvalue weighted by molar-refractivity contribution is 9.11. The Hall–Kier alpha value is -0.740. The molecule has 2 aromatic carbocycles. The van der Waals surface area contributed by atoms with Crippen molar-refractivity contribution in [1.82, 2.24) is 9.29 Å². The van der Waals surface area contributed by atoms with E-state index in [-0.39, 0.29) is 16.8 Å². The Kier molecular flexibility index (Phi) is 6.17. The molecule has 0 saturated carbocycles. The molecule has 0 bridgehead atoms. The van der Waals surface area contributed by atoms with Crippen molar-refractivity contribution in [3.8, 4) is 0 Å². The first-order valence-electron chi connectivity index (χ1n) is 7.99. The fourth-order valence-electron chi connectivity index (χ4n) is 3.09. The summed E-state index contributed by atoms with van der Waals surface area (Å²) >= 11 is 9.95. The minimum Gasteiger partial charge on any atom is -0.350 e. The highest BCUT2D eigenvalue weighted by atomic mass is 79.9. The van der Waals surface area contributed by atoms with Crippen LogP contribution in [0.4, 0.5) is 4.39 Å². The summed E-state index contributed by atoms with van der Waals surface area (Å²) in [4.78, 5) is 0.140. The van der Waals surface area contributed by atoms with Gasteiger partial charge in [0.2, 0.25) is 10.0 Å². The molecule has 0 aliphatic carbocycles. The summed E-state index contributed by atoms with van der Waals surface area (Å²) in [5, 5.41) is 0.787. The number of nitrogens with zero attached hydrogens (tertiary/aromatic N) is 1. The van der Waals surface area contributed by atoms with Crippen LogP contribution in [0.5, 0.6) is 0 Å². The minimum absolute atomic E-state index is 0.140. The molecule has 0 saturated heterocycles. The van der Waals surface area contributed by atoms with E-state index in [1.54, 1.807) is 25.1 Å². The maximum atomic E-state index is 13.6. The van der Waals surface area contributed by atoms with Gasteiger partial charge in [0.1, 0.15) is 10.7 Å². The van der Waals surface area contributed by atoms with E-state index in [1.165, 1.54) is 12.1 Å². The van der Waals surface area contributed by atoms with Crippen LogP contribution in [0.15, 0.2) is 54.8 Å². The lowest BCUT2D eigenvalue weighted by molar-refractivity contribution is 0.559. The molecule has 1 atom stereocenters. The predicted octanol–water partition coefficient (Wildman–Crippen LogP) is 5.51. The summed E-state index contributed by atoms with van der Waals surface area (Å²) in [5.41, 5.74) is 1.79. The second-order valence-corrected chi connectivity index (χ2v) is 10.6. The molecule has 27 heavy (non-hydrogen) atoms. The molecule has 0 aliphatic rings. The number of rotatable bonds is 5. The molecule has 0 fully saturated rings.